The summed E-state index contributed by atoms with van der Waals surface area (Å²) in [6.07, 6.45) is 2.87. The Bertz CT molecular complexity index is 1050. The predicted molar refractivity (Wildman–Crippen MR) is 117 cm³/mol. The molecule has 2 aliphatic rings. The van der Waals surface area contributed by atoms with Gasteiger partial charge in [-0.2, -0.15) is 4.31 Å². The van der Waals surface area contributed by atoms with Crippen LogP contribution in [0.15, 0.2) is 47.4 Å². The number of morpholine rings is 1. The molecule has 9 heteroatoms. The Morgan fingerprint density at radius 1 is 1.19 bits per heavy atom. The lowest BCUT2D eigenvalue weighted by Gasteiger charge is -2.27. The number of sulfonamides is 1. The van der Waals surface area contributed by atoms with Gasteiger partial charge in [0.25, 0.3) is 5.91 Å². The van der Waals surface area contributed by atoms with Gasteiger partial charge in [-0.1, -0.05) is 35.9 Å². The molecular weight excluding hydrogens is 440 g/mol. The van der Waals surface area contributed by atoms with Crippen molar-refractivity contribution in [3.05, 3.63) is 58.6 Å². The second kappa shape index (κ2) is 9.56. The zero-order chi connectivity index (χ0) is 21.8. The first-order valence-corrected chi connectivity index (χ1v) is 12.1. The second-order valence-corrected chi connectivity index (χ2v) is 9.95. The fraction of sp³-hybridized carbons (Fsp3) is 0.409. The van der Waals surface area contributed by atoms with Crippen LogP contribution in [0.4, 0.5) is 0 Å². The Labute approximate surface area is 187 Å². The summed E-state index contributed by atoms with van der Waals surface area (Å²) in [6, 6.07) is 12.4. The van der Waals surface area contributed by atoms with Crippen molar-refractivity contribution in [3.63, 3.8) is 0 Å². The number of rotatable bonds is 6. The number of nitrogens with zero attached hydrogens (tertiary/aromatic N) is 1. The van der Waals surface area contributed by atoms with Crippen LogP contribution < -0.4 is 10.1 Å². The van der Waals surface area contributed by atoms with Crippen LogP contribution in [0.1, 0.15) is 30.0 Å². The van der Waals surface area contributed by atoms with Crippen molar-refractivity contribution in [1.82, 2.24) is 9.62 Å². The first-order chi connectivity index (χ1) is 14.9. The number of carbonyl (C=O) groups is 1. The van der Waals surface area contributed by atoms with Gasteiger partial charge in [0.05, 0.1) is 19.3 Å². The maximum atomic E-state index is 13.1. The number of hydrogen-bond acceptors (Lipinski definition) is 5. The molecule has 166 valence electrons. The van der Waals surface area contributed by atoms with Gasteiger partial charge in [0.1, 0.15) is 10.6 Å². The third kappa shape index (κ3) is 5.03. The number of amides is 1. The average Bonchev–Trinajstić information content (AvgIpc) is 2.79. The second-order valence-electron chi connectivity index (χ2n) is 7.61. The van der Waals surface area contributed by atoms with Crippen LogP contribution in [0.25, 0.3) is 0 Å². The Balaban J connectivity index is 1.46. The lowest BCUT2D eigenvalue weighted by Crippen LogP contribution is -2.40. The fourth-order valence-corrected chi connectivity index (χ4v) is 5.81. The van der Waals surface area contributed by atoms with Gasteiger partial charge in [-0.05, 0) is 48.6 Å². The molecule has 1 saturated heterocycles. The topological polar surface area (TPSA) is 84.9 Å². The summed E-state index contributed by atoms with van der Waals surface area (Å²) >= 11 is 6.06. The van der Waals surface area contributed by atoms with E-state index in [1.807, 2.05) is 18.2 Å². The molecule has 31 heavy (non-hydrogen) atoms. The minimum atomic E-state index is -3.82. The van der Waals surface area contributed by atoms with Gasteiger partial charge in [-0.3, -0.25) is 4.79 Å². The molecule has 1 N–H and O–H groups in total. The summed E-state index contributed by atoms with van der Waals surface area (Å²) < 4.78 is 38.4. The molecule has 0 spiro atoms. The minimum Gasteiger partial charge on any atom is -0.482 e. The fourth-order valence-electron chi connectivity index (χ4n) is 4.01. The van der Waals surface area contributed by atoms with Crippen LogP contribution >= 0.6 is 11.6 Å². The lowest BCUT2D eigenvalue weighted by molar-refractivity contribution is -0.124. The van der Waals surface area contributed by atoms with Crippen LogP contribution in [0.3, 0.4) is 0 Å². The van der Waals surface area contributed by atoms with Crippen molar-refractivity contribution >= 4 is 27.5 Å². The smallest absolute Gasteiger partial charge is 0.258 e. The van der Waals surface area contributed by atoms with Gasteiger partial charge in [-0.25, -0.2) is 8.42 Å². The normalized spacial score (nSPS) is 19.5. The zero-order valence-electron chi connectivity index (χ0n) is 17.1. The Morgan fingerprint density at radius 2 is 1.97 bits per heavy atom. The molecule has 1 amide bonds. The highest BCUT2D eigenvalue weighted by Gasteiger charge is 2.30. The Morgan fingerprint density at radius 3 is 2.77 bits per heavy atom. The maximum Gasteiger partial charge on any atom is 0.258 e. The minimum absolute atomic E-state index is 0.0438. The standard InChI is InChI=1S/C22H25ClN2O5S/c23-17-8-9-20(21(14-17)31(27,28)25-10-12-29-13-11-25)30-15-22(26)24-19-7-3-5-16-4-1-2-6-18(16)19/h1-2,4,6,8-9,14,19H,3,5,7,10-13,15H2,(H,24,26). The molecule has 2 aromatic rings. The largest absolute Gasteiger partial charge is 0.482 e. The number of nitrogens with one attached hydrogen (secondary N) is 1. The summed E-state index contributed by atoms with van der Waals surface area (Å²) in [6.45, 7) is 0.903. The molecule has 4 rings (SSSR count). The first-order valence-electron chi connectivity index (χ1n) is 10.3. The summed E-state index contributed by atoms with van der Waals surface area (Å²) in [5, 5.41) is 3.29. The molecule has 1 heterocycles. The number of ether oxygens (including phenoxy) is 2. The average molecular weight is 465 g/mol. The summed E-state index contributed by atoms with van der Waals surface area (Å²) in [7, 11) is -3.82. The molecule has 1 aliphatic carbocycles. The van der Waals surface area contributed by atoms with Crippen molar-refractivity contribution in [1.29, 1.82) is 0 Å². The van der Waals surface area contributed by atoms with E-state index in [1.165, 1.54) is 22.0 Å². The van der Waals surface area contributed by atoms with Crippen molar-refractivity contribution in [2.75, 3.05) is 32.9 Å². The van der Waals surface area contributed by atoms with Gasteiger partial charge in [0.15, 0.2) is 6.61 Å². The molecule has 2 aromatic carbocycles. The van der Waals surface area contributed by atoms with E-state index in [2.05, 4.69) is 11.4 Å². The van der Waals surface area contributed by atoms with E-state index in [-0.39, 0.29) is 47.3 Å². The molecule has 7 nitrogen and oxygen atoms in total. The highest BCUT2D eigenvalue weighted by Crippen LogP contribution is 2.31. The number of halogens is 1. The molecule has 1 unspecified atom stereocenters. The molecular formula is C22H25ClN2O5S. The van der Waals surface area contributed by atoms with Crippen LogP contribution in [0.2, 0.25) is 5.02 Å². The van der Waals surface area contributed by atoms with Gasteiger partial charge in [0.2, 0.25) is 10.0 Å². The monoisotopic (exact) mass is 464 g/mol. The van der Waals surface area contributed by atoms with E-state index in [0.717, 1.165) is 24.8 Å². The van der Waals surface area contributed by atoms with E-state index in [9.17, 15) is 13.2 Å². The highest BCUT2D eigenvalue weighted by molar-refractivity contribution is 7.89. The maximum absolute atomic E-state index is 13.1. The molecule has 1 atom stereocenters. The third-order valence-corrected chi connectivity index (χ3v) is 7.71. The van der Waals surface area contributed by atoms with E-state index in [4.69, 9.17) is 21.1 Å². The summed E-state index contributed by atoms with van der Waals surface area (Å²) in [4.78, 5) is 12.5. The van der Waals surface area contributed by atoms with Crippen molar-refractivity contribution in [2.45, 2.75) is 30.2 Å². The lowest BCUT2D eigenvalue weighted by atomic mass is 9.88. The molecule has 0 aromatic heterocycles. The third-order valence-electron chi connectivity index (χ3n) is 5.56. The molecule has 1 aliphatic heterocycles. The number of benzene rings is 2. The molecule has 0 saturated carbocycles. The SMILES string of the molecule is O=C(COc1ccc(Cl)cc1S(=O)(=O)N1CCOCC1)NC1CCCc2ccccc21. The Hall–Kier alpha value is -2.13. The molecule has 0 bridgehead atoms. The zero-order valence-corrected chi connectivity index (χ0v) is 18.6. The number of hydrogen-bond donors (Lipinski definition) is 1. The van der Waals surface area contributed by atoms with Crippen LogP contribution in [-0.4, -0.2) is 51.5 Å². The van der Waals surface area contributed by atoms with E-state index >= 15 is 0 Å². The molecule has 0 radical (unpaired) electrons. The highest BCUT2D eigenvalue weighted by atomic mass is 35.5. The van der Waals surface area contributed by atoms with Crippen molar-refractivity contribution in [3.8, 4) is 5.75 Å². The van der Waals surface area contributed by atoms with Gasteiger partial charge >= 0.3 is 0 Å². The number of aryl methyl sites for hydroxylation is 1. The predicted octanol–water partition coefficient (Wildman–Crippen LogP) is 2.93. The van der Waals surface area contributed by atoms with E-state index in [1.54, 1.807) is 6.07 Å². The quantitative estimate of drug-likeness (QED) is 0.710. The summed E-state index contributed by atoms with van der Waals surface area (Å²) in [5.74, 6) is -0.193. The van der Waals surface area contributed by atoms with Crippen molar-refractivity contribution < 1.29 is 22.7 Å². The van der Waals surface area contributed by atoms with E-state index in [0.29, 0.717) is 13.2 Å². The van der Waals surface area contributed by atoms with Crippen LogP contribution in [0, 0.1) is 0 Å². The van der Waals surface area contributed by atoms with Gasteiger partial charge in [-0.15, -0.1) is 0 Å². The van der Waals surface area contributed by atoms with Crippen LogP contribution in [-0.2, 0) is 26.0 Å². The van der Waals surface area contributed by atoms with E-state index < -0.39 is 10.0 Å². The number of fused-ring (bicyclic) bond motifs is 1. The Kier molecular flexibility index (Phi) is 6.81. The van der Waals surface area contributed by atoms with Gasteiger partial charge in [0, 0.05) is 18.1 Å². The van der Waals surface area contributed by atoms with Crippen molar-refractivity contribution in [2.24, 2.45) is 0 Å². The van der Waals surface area contributed by atoms with Gasteiger partial charge < -0.3 is 14.8 Å². The first kappa shape index (κ1) is 22.1. The number of carbonyl (C=O) groups excluding carboxylic acids is 1. The van der Waals surface area contributed by atoms with Crippen LogP contribution in [0.5, 0.6) is 5.75 Å². The summed E-state index contributed by atoms with van der Waals surface area (Å²) in [5.41, 5.74) is 2.38. The molecule has 1 fully saturated rings.